The van der Waals surface area contributed by atoms with Gasteiger partial charge in [0, 0.05) is 0 Å². The van der Waals surface area contributed by atoms with Crippen molar-refractivity contribution < 1.29 is 9.53 Å². The summed E-state index contributed by atoms with van der Waals surface area (Å²) < 4.78 is 5.65. The highest BCUT2D eigenvalue weighted by atomic mass is 16.6. The van der Waals surface area contributed by atoms with Crippen LogP contribution in [0, 0.1) is 0 Å². The molecule has 1 aromatic carbocycles. The Morgan fingerprint density at radius 1 is 1.10 bits per heavy atom. The second-order valence-corrected chi connectivity index (χ2v) is 7.41. The van der Waals surface area contributed by atoms with Crippen LogP contribution in [0.25, 0.3) is 0 Å². The van der Waals surface area contributed by atoms with E-state index in [0.717, 1.165) is 12.8 Å². The summed E-state index contributed by atoms with van der Waals surface area (Å²) in [5.74, 6) is 0. The molecule has 0 aliphatic carbocycles. The molecule has 0 aromatic heterocycles. The highest BCUT2D eigenvalue weighted by Crippen LogP contribution is 2.60. The third-order valence-corrected chi connectivity index (χ3v) is 4.75. The number of hydrogen-bond donors (Lipinski definition) is 0. The van der Waals surface area contributed by atoms with Crippen LogP contribution >= 0.6 is 0 Å². The van der Waals surface area contributed by atoms with Crippen LogP contribution in [0.4, 0.5) is 4.79 Å². The SMILES string of the molecule is CC(C)(C)OC(=O)N1C2(C)CCC1(C)c1ccccc12. The van der Waals surface area contributed by atoms with E-state index in [1.54, 1.807) is 0 Å². The Hall–Kier alpha value is -1.51. The summed E-state index contributed by atoms with van der Waals surface area (Å²) in [6, 6.07) is 8.41. The molecule has 2 heterocycles. The summed E-state index contributed by atoms with van der Waals surface area (Å²) in [6.07, 6.45) is 1.80. The minimum atomic E-state index is -0.460. The molecule has 1 aromatic rings. The maximum Gasteiger partial charge on any atom is 0.411 e. The first-order valence-corrected chi connectivity index (χ1v) is 7.32. The summed E-state index contributed by atoms with van der Waals surface area (Å²) in [4.78, 5) is 14.7. The van der Waals surface area contributed by atoms with E-state index in [2.05, 4.69) is 38.1 Å². The number of carbonyl (C=O) groups excluding carboxylic acids is 1. The van der Waals surface area contributed by atoms with Gasteiger partial charge in [-0.2, -0.15) is 0 Å². The summed E-state index contributed by atoms with van der Waals surface area (Å²) in [5, 5.41) is 0. The van der Waals surface area contributed by atoms with Gasteiger partial charge in [-0.1, -0.05) is 24.3 Å². The molecule has 20 heavy (non-hydrogen) atoms. The lowest BCUT2D eigenvalue weighted by atomic mass is 9.78. The first-order chi connectivity index (χ1) is 9.18. The second kappa shape index (κ2) is 3.78. The fourth-order valence-corrected chi connectivity index (χ4v) is 3.90. The van der Waals surface area contributed by atoms with Crippen LogP contribution in [0.15, 0.2) is 24.3 Å². The number of hydrogen-bond acceptors (Lipinski definition) is 2. The molecule has 1 fully saturated rings. The molecule has 0 saturated carbocycles. The fraction of sp³-hybridized carbons (Fsp3) is 0.588. The highest BCUT2D eigenvalue weighted by molar-refractivity contribution is 5.74. The number of fused-ring (bicyclic) bond motifs is 5. The lowest BCUT2D eigenvalue weighted by Gasteiger charge is -2.37. The molecule has 2 unspecified atom stereocenters. The van der Waals surface area contributed by atoms with Gasteiger partial charge >= 0.3 is 6.09 Å². The van der Waals surface area contributed by atoms with E-state index in [1.807, 2.05) is 25.7 Å². The van der Waals surface area contributed by atoms with Crippen LogP contribution in [0.2, 0.25) is 0 Å². The van der Waals surface area contributed by atoms with E-state index in [9.17, 15) is 4.79 Å². The molecule has 2 aliphatic heterocycles. The fourth-order valence-electron chi connectivity index (χ4n) is 3.90. The molecule has 3 rings (SSSR count). The molecule has 108 valence electrons. The minimum Gasteiger partial charge on any atom is -0.444 e. The maximum atomic E-state index is 12.7. The molecule has 2 atom stereocenters. The topological polar surface area (TPSA) is 29.5 Å². The van der Waals surface area contributed by atoms with Crippen molar-refractivity contribution in [2.75, 3.05) is 0 Å². The molecule has 0 radical (unpaired) electrons. The number of amides is 1. The quantitative estimate of drug-likeness (QED) is 0.710. The van der Waals surface area contributed by atoms with E-state index in [-0.39, 0.29) is 17.2 Å². The zero-order valence-corrected chi connectivity index (χ0v) is 13.0. The van der Waals surface area contributed by atoms with Gasteiger partial charge in [0.05, 0.1) is 11.1 Å². The largest absolute Gasteiger partial charge is 0.444 e. The molecule has 1 amide bonds. The molecule has 1 saturated heterocycles. The van der Waals surface area contributed by atoms with Gasteiger partial charge < -0.3 is 4.74 Å². The van der Waals surface area contributed by atoms with E-state index < -0.39 is 5.60 Å². The molecule has 3 heteroatoms. The van der Waals surface area contributed by atoms with Crippen molar-refractivity contribution in [1.82, 2.24) is 4.90 Å². The average Bonchev–Trinajstić information content (AvgIpc) is 2.71. The van der Waals surface area contributed by atoms with Crippen LogP contribution in [0.1, 0.15) is 58.6 Å². The van der Waals surface area contributed by atoms with Crippen LogP contribution in [-0.2, 0) is 15.8 Å². The van der Waals surface area contributed by atoms with Gasteiger partial charge in [-0.15, -0.1) is 0 Å². The lowest BCUT2D eigenvalue weighted by Crippen LogP contribution is -2.47. The highest BCUT2D eigenvalue weighted by Gasteiger charge is 2.61. The van der Waals surface area contributed by atoms with E-state index in [1.165, 1.54) is 11.1 Å². The van der Waals surface area contributed by atoms with Gasteiger partial charge in [0.2, 0.25) is 0 Å². The predicted octanol–water partition coefficient (Wildman–Crippen LogP) is 4.16. The average molecular weight is 273 g/mol. The molecule has 0 N–H and O–H groups in total. The van der Waals surface area contributed by atoms with Crippen LogP contribution < -0.4 is 0 Å². The molecule has 0 spiro atoms. The van der Waals surface area contributed by atoms with Crippen LogP contribution in [0.3, 0.4) is 0 Å². The Morgan fingerprint density at radius 3 is 1.95 bits per heavy atom. The molecule has 3 nitrogen and oxygen atoms in total. The predicted molar refractivity (Wildman–Crippen MR) is 78.5 cm³/mol. The summed E-state index contributed by atoms with van der Waals surface area (Å²) >= 11 is 0. The Balaban J connectivity index is 2.06. The smallest absolute Gasteiger partial charge is 0.411 e. The van der Waals surface area contributed by atoms with Gasteiger partial charge in [0.25, 0.3) is 0 Å². The summed E-state index contributed by atoms with van der Waals surface area (Å²) in [6.45, 7) is 10.1. The van der Waals surface area contributed by atoms with Gasteiger partial charge in [-0.25, -0.2) is 4.79 Å². The Morgan fingerprint density at radius 2 is 1.55 bits per heavy atom. The first-order valence-electron chi connectivity index (χ1n) is 7.32. The van der Waals surface area contributed by atoms with Crippen LogP contribution in [-0.4, -0.2) is 16.6 Å². The number of rotatable bonds is 0. The van der Waals surface area contributed by atoms with Crippen molar-refractivity contribution in [2.24, 2.45) is 0 Å². The monoisotopic (exact) mass is 273 g/mol. The third kappa shape index (κ3) is 1.62. The van der Waals surface area contributed by atoms with Gasteiger partial charge in [-0.3, -0.25) is 4.90 Å². The Kier molecular flexibility index (Phi) is 2.54. The van der Waals surface area contributed by atoms with Gasteiger partial charge in [0.1, 0.15) is 5.60 Å². The number of benzene rings is 1. The molecule has 2 bridgehead atoms. The van der Waals surface area contributed by atoms with Crippen molar-refractivity contribution in [1.29, 1.82) is 0 Å². The van der Waals surface area contributed by atoms with Crippen molar-refractivity contribution >= 4 is 6.09 Å². The summed E-state index contributed by atoms with van der Waals surface area (Å²) in [5.41, 5.74) is 1.64. The molecular formula is C17H23NO2. The number of carbonyl (C=O) groups is 1. The second-order valence-electron chi connectivity index (χ2n) is 7.41. The van der Waals surface area contributed by atoms with E-state index in [0.29, 0.717) is 0 Å². The normalized spacial score (nSPS) is 31.4. The first kappa shape index (κ1) is 13.5. The van der Waals surface area contributed by atoms with Gasteiger partial charge in [0.15, 0.2) is 0 Å². The standard InChI is InChI=1S/C17H23NO2/c1-15(2,3)20-14(19)18-16(4)10-11-17(18,5)13-9-7-6-8-12(13)16/h6-9H,10-11H2,1-5H3. The zero-order chi connectivity index (χ0) is 14.8. The Labute approximate surface area is 120 Å². The number of ether oxygens (including phenoxy) is 1. The minimum absolute atomic E-state index is 0.198. The van der Waals surface area contributed by atoms with Crippen molar-refractivity contribution in [3.8, 4) is 0 Å². The number of nitrogens with zero attached hydrogens (tertiary/aromatic N) is 1. The van der Waals surface area contributed by atoms with Crippen molar-refractivity contribution in [2.45, 2.75) is 64.1 Å². The van der Waals surface area contributed by atoms with E-state index in [4.69, 9.17) is 4.74 Å². The zero-order valence-electron chi connectivity index (χ0n) is 13.0. The van der Waals surface area contributed by atoms with Gasteiger partial charge in [-0.05, 0) is 58.6 Å². The van der Waals surface area contributed by atoms with Crippen molar-refractivity contribution in [3.05, 3.63) is 35.4 Å². The van der Waals surface area contributed by atoms with Crippen LogP contribution in [0.5, 0.6) is 0 Å². The molecular weight excluding hydrogens is 250 g/mol. The van der Waals surface area contributed by atoms with Crippen molar-refractivity contribution in [3.63, 3.8) is 0 Å². The third-order valence-electron chi connectivity index (χ3n) is 4.75. The Bertz CT molecular complexity index is 538. The van der Waals surface area contributed by atoms with E-state index >= 15 is 0 Å². The molecule has 2 aliphatic rings. The maximum absolute atomic E-state index is 12.7. The summed E-state index contributed by atoms with van der Waals surface area (Å²) in [7, 11) is 0. The lowest BCUT2D eigenvalue weighted by molar-refractivity contribution is -0.00881.